The van der Waals surface area contributed by atoms with Crippen LogP contribution >= 0.6 is 0 Å². The molecule has 1 fully saturated rings. The number of aromatic nitrogens is 1. The van der Waals surface area contributed by atoms with E-state index in [9.17, 15) is 24.3 Å². The fourth-order valence-corrected chi connectivity index (χ4v) is 3.60. The summed E-state index contributed by atoms with van der Waals surface area (Å²) in [4.78, 5) is 53.9. The number of carbonyl (C=O) groups excluding carboxylic acids is 4. The SMILES string of the molecule is C=Cc1cc(C=O)c(-c2ccc(C(=O)NCC3CC3)nc2C(=O)OC(C)OC(=O)NC(C)C)cc1CO. The predicted molar refractivity (Wildman–Crippen MR) is 136 cm³/mol. The number of rotatable bonds is 11. The molecular formula is C27H31N3O7. The lowest BCUT2D eigenvalue weighted by Gasteiger charge is -2.18. The molecule has 3 N–H and O–H groups in total. The van der Waals surface area contributed by atoms with Crippen molar-refractivity contribution in [3.63, 3.8) is 0 Å². The van der Waals surface area contributed by atoms with Crippen LogP contribution in [0.5, 0.6) is 0 Å². The summed E-state index contributed by atoms with van der Waals surface area (Å²) in [5, 5.41) is 15.1. The van der Waals surface area contributed by atoms with Crippen molar-refractivity contribution >= 4 is 30.3 Å². The second-order valence-electron chi connectivity index (χ2n) is 9.04. The fraction of sp³-hybridized carbons (Fsp3) is 0.370. The molecule has 1 aromatic carbocycles. The van der Waals surface area contributed by atoms with Gasteiger partial charge in [0, 0.05) is 30.6 Å². The topological polar surface area (TPSA) is 144 Å². The van der Waals surface area contributed by atoms with Gasteiger partial charge in [0.2, 0.25) is 6.29 Å². The molecule has 37 heavy (non-hydrogen) atoms. The summed E-state index contributed by atoms with van der Waals surface area (Å²) in [6, 6.07) is 5.84. The Kier molecular flexibility index (Phi) is 9.13. The summed E-state index contributed by atoms with van der Waals surface area (Å²) < 4.78 is 10.4. The van der Waals surface area contributed by atoms with Gasteiger partial charge in [-0.25, -0.2) is 14.6 Å². The van der Waals surface area contributed by atoms with Crippen LogP contribution in [0.25, 0.3) is 17.2 Å². The van der Waals surface area contributed by atoms with E-state index in [1.165, 1.54) is 31.2 Å². The largest absolute Gasteiger partial charge is 0.421 e. The van der Waals surface area contributed by atoms with Gasteiger partial charge in [0.1, 0.15) is 5.69 Å². The third-order valence-corrected chi connectivity index (χ3v) is 5.64. The zero-order valence-corrected chi connectivity index (χ0v) is 21.1. The highest BCUT2D eigenvalue weighted by molar-refractivity contribution is 6.01. The van der Waals surface area contributed by atoms with Crippen LogP contribution in [-0.4, -0.2) is 53.2 Å². The second kappa shape index (κ2) is 12.3. The lowest BCUT2D eigenvalue weighted by molar-refractivity contribution is -0.0607. The summed E-state index contributed by atoms with van der Waals surface area (Å²) in [5.74, 6) is -0.980. The Labute approximate surface area is 215 Å². The average molecular weight is 510 g/mol. The van der Waals surface area contributed by atoms with Crippen LogP contribution in [0, 0.1) is 5.92 Å². The van der Waals surface area contributed by atoms with Gasteiger partial charge >= 0.3 is 12.1 Å². The van der Waals surface area contributed by atoms with E-state index < -0.39 is 24.3 Å². The molecule has 0 aliphatic heterocycles. The smallest absolute Gasteiger partial charge is 0.410 e. The molecule has 1 aliphatic carbocycles. The summed E-state index contributed by atoms with van der Waals surface area (Å²) >= 11 is 0. The zero-order valence-electron chi connectivity index (χ0n) is 21.1. The van der Waals surface area contributed by atoms with Crippen molar-refractivity contribution in [3.8, 4) is 11.1 Å². The first kappa shape index (κ1) is 27.5. The number of alkyl carbamates (subject to hydrolysis) is 1. The Morgan fingerprint density at radius 1 is 1.14 bits per heavy atom. The molecule has 1 aliphatic rings. The fourth-order valence-electron chi connectivity index (χ4n) is 3.60. The molecule has 0 saturated heterocycles. The molecule has 1 saturated carbocycles. The van der Waals surface area contributed by atoms with Gasteiger partial charge < -0.3 is 25.2 Å². The van der Waals surface area contributed by atoms with Gasteiger partial charge in [0.25, 0.3) is 5.91 Å². The van der Waals surface area contributed by atoms with Crippen LogP contribution in [0.2, 0.25) is 0 Å². The Bertz CT molecular complexity index is 1200. The molecular weight excluding hydrogens is 478 g/mol. The number of benzene rings is 1. The Morgan fingerprint density at radius 3 is 2.46 bits per heavy atom. The third-order valence-electron chi connectivity index (χ3n) is 5.64. The van der Waals surface area contributed by atoms with E-state index in [0.717, 1.165) is 12.8 Å². The van der Waals surface area contributed by atoms with Crippen molar-refractivity contribution in [1.29, 1.82) is 0 Å². The van der Waals surface area contributed by atoms with Crippen LogP contribution < -0.4 is 10.6 Å². The van der Waals surface area contributed by atoms with Gasteiger partial charge in [-0.15, -0.1) is 0 Å². The highest BCUT2D eigenvalue weighted by atomic mass is 16.7. The standard InChI is InChI=1S/C27H31N3O7/c1-5-18-10-20(14-32)22(11-19(18)13-31)21-8-9-23(25(33)28-12-17-6-7-17)30-24(21)26(34)36-16(4)37-27(35)29-15(2)3/h5,8-11,14-17,31H,1,6-7,12-13H2,2-4H3,(H,28,33)(H,29,35). The zero-order chi connectivity index (χ0) is 27.1. The van der Waals surface area contributed by atoms with Crippen molar-refractivity contribution in [2.24, 2.45) is 5.92 Å². The second-order valence-corrected chi connectivity index (χ2v) is 9.04. The van der Waals surface area contributed by atoms with Crippen LogP contribution in [-0.2, 0) is 16.1 Å². The molecule has 1 heterocycles. The normalized spacial score (nSPS) is 13.4. The first-order valence-electron chi connectivity index (χ1n) is 12.0. The number of ether oxygens (including phenoxy) is 2. The maximum atomic E-state index is 13.2. The van der Waals surface area contributed by atoms with Crippen molar-refractivity contribution in [1.82, 2.24) is 15.6 Å². The molecule has 0 bridgehead atoms. The van der Waals surface area contributed by atoms with E-state index in [2.05, 4.69) is 22.2 Å². The number of carbonyl (C=O) groups is 4. The van der Waals surface area contributed by atoms with Crippen LogP contribution in [0.15, 0.2) is 30.8 Å². The van der Waals surface area contributed by atoms with E-state index >= 15 is 0 Å². The van der Waals surface area contributed by atoms with Crippen molar-refractivity contribution in [3.05, 3.63) is 58.9 Å². The molecule has 1 atom stereocenters. The molecule has 1 aromatic heterocycles. The van der Waals surface area contributed by atoms with Gasteiger partial charge in [0.05, 0.1) is 6.61 Å². The number of hydrogen-bond acceptors (Lipinski definition) is 8. The van der Waals surface area contributed by atoms with Crippen LogP contribution in [0.1, 0.15) is 76.1 Å². The molecule has 196 valence electrons. The maximum absolute atomic E-state index is 13.2. The molecule has 2 amide bonds. The minimum atomic E-state index is -1.27. The number of aldehydes is 1. The van der Waals surface area contributed by atoms with Gasteiger partial charge in [-0.05, 0) is 73.6 Å². The minimum Gasteiger partial charge on any atom is -0.421 e. The Hall–Kier alpha value is -4.05. The summed E-state index contributed by atoms with van der Waals surface area (Å²) in [6.45, 7) is 8.73. The molecule has 0 spiro atoms. The molecule has 1 unspecified atom stereocenters. The van der Waals surface area contributed by atoms with Gasteiger partial charge in [-0.3, -0.25) is 9.59 Å². The predicted octanol–water partition coefficient (Wildman–Crippen LogP) is 3.47. The Balaban J connectivity index is 2.00. The Morgan fingerprint density at radius 2 is 1.86 bits per heavy atom. The number of amides is 2. The number of esters is 1. The quantitative estimate of drug-likeness (QED) is 0.237. The van der Waals surface area contributed by atoms with Gasteiger partial charge in [-0.2, -0.15) is 0 Å². The van der Waals surface area contributed by atoms with Crippen LogP contribution in [0.4, 0.5) is 4.79 Å². The molecule has 0 radical (unpaired) electrons. The monoisotopic (exact) mass is 509 g/mol. The lowest BCUT2D eigenvalue weighted by Crippen LogP contribution is -2.34. The first-order valence-corrected chi connectivity index (χ1v) is 12.0. The summed E-state index contributed by atoms with van der Waals surface area (Å²) in [6.07, 6.45) is 2.17. The van der Waals surface area contributed by atoms with Gasteiger partial charge in [-0.1, -0.05) is 12.7 Å². The van der Waals surface area contributed by atoms with E-state index in [0.29, 0.717) is 35.4 Å². The number of aliphatic hydroxyl groups excluding tert-OH is 1. The number of hydrogen-bond donors (Lipinski definition) is 3. The number of nitrogens with one attached hydrogen (secondary N) is 2. The maximum Gasteiger partial charge on any atom is 0.410 e. The molecule has 2 aromatic rings. The highest BCUT2D eigenvalue weighted by Gasteiger charge is 2.26. The molecule has 10 nitrogen and oxygen atoms in total. The number of aliphatic hydroxyl groups is 1. The van der Waals surface area contributed by atoms with E-state index in [1.807, 2.05) is 0 Å². The average Bonchev–Trinajstić information content (AvgIpc) is 3.69. The van der Waals surface area contributed by atoms with Crippen LogP contribution in [0.3, 0.4) is 0 Å². The van der Waals surface area contributed by atoms with Gasteiger partial charge in [0.15, 0.2) is 12.0 Å². The van der Waals surface area contributed by atoms with Crippen molar-refractivity contribution in [2.45, 2.75) is 52.6 Å². The lowest BCUT2D eigenvalue weighted by atomic mass is 9.93. The van der Waals surface area contributed by atoms with Crippen molar-refractivity contribution in [2.75, 3.05) is 6.54 Å². The summed E-state index contributed by atoms with van der Waals surface area (Å²) in [7, 11) is 0. The van der Waals surface area contributed by atoms with E-state index in [-0.39, 0.29) is 35.2 Å². The van der Waals surface area contributed by atoms with Crippen molar-refractivity contribution < 1.29 is 33.8 Å². The minimum absolute atomic E-state index is 0.0137. The first-order chi connectivity index (χ1) is 17.7. The summed E-state index contributed by atoms with van der Waals surface area (Å²) in [5.41, 5.74) is 1.49. The van der Waals surface area contributed by atoms with E-state index in [1.54, 1.807) is 19.9 Å². The van der Waals surface area contributed by atoms with E-state index in [4.69, 9.17) is 9.47 Å². The third kappa shape index (κ3) is 7.23. The number of pyridine rings is 1. The highest BCUT2D eigenvalue weighted by Crippen LogP contribution is 2.31. The molecule has 3 rings (SSSR count). The number of nitrogens with zero attached hydrogens (tertiary/aromatic N) is 1. The molecule has 10 heteroatoms.